The van der Waals surface area contributed by atoms with Gasteiger partial charge in [-0.1, -0.05) is 12.1 Å². The van der Waals surface area contributed by atoms with E-state index in [1.54, 1.807) is 0 Å². The summed E-state index contributed by atoms with van der Waals surface area (Å²) in [5, 5.41) is 13.2. The Kier molecular flexibility index (Phi) is 5.35. The highest BCUT2D eigenvalue weighted by atomic mass is 32.2. The Morgan fingerprint density at radius 1 is 1.30 bits per heavy atom. The maximum absolute atomic E-state index is 12.6. The van der Waals surface area contributed by atoms with Crippen molar-refractivity contribution in [3.63, 3.8) is 0 Å². The van der Waals surface area contributed by atoms with Crippen LogP contribution in [0.4, 0.5) is 13.2 Å². The van der Waals surface area contributed by atoms with Gasteiger partial charge in [0.15, 0.2) is 0 Å². The van der Waals surface area contributed by atoms with Crippen molar-refractivity contribution in [3.05, 3.63) is 35.4 Å². The lowest BCUT2D eigenvalue weighted by atomic mass is 10.0. The maximum Gasteiger partial charge on any atom is 0.416 e. The number of alkyl halides is 3. The largest absolute Gasteiger partial charge is 0.416 e. The van der Waals surface area contributed by atoms with Crippen LogP contribution in [0.3, 0.4) is 0 Å². The normalized spacial score (nSPS) is 19.0. The number of thioether (sulfide) groups is 1. The van der Waals surface area contributed by atoms with E-state index in [0.29, 0.717) is 11.6 Å². The Bertz CT molecular complexity index is 433. The molecule has 0 aliphatic carbocycles. The highest BCUT2D eigenvalue weighted by Crippen LogP contribution is 2.30. The molecule has 0 saturated carbocycles. The van der Waals surface area contributed by atoms with Crippen molar-refractivity contribution in [2.24, 2.45) is 0 Å². The average molecular weight is 305 g/mol. The lowest BCUT2D eigenvalue weighted by molar-refractivity contribution is -0.137. The minimum absolute atomic E-state index is 0.288. The number of benzene rings is 1. The van der Waals surface area contributed by atoms with Crippen molar-refractivity contribution in [3.8, 4) is 0 Å². The van der Waals surface area contributed by atoms with Crippen molar-refractivity contribution >= 4 is 11.8 Å². The van der Waals surface area contributed by atoms with Gasteiger partial charge in [0, 0.05) is 12.6 Å². The van der Waals surface area contributed by atoms with Gasteiger partial charge >= 0.3 is 6.18 Å². The van der Waals surface area contributed by atoms with Crippen LogP contribution >= 0.6 is 11.8 Å². The molecule has 112 valence electrons. The monoisotopic (exact) mass is 305 g/mol. The molecule has 20 heavy (non-hydrogen) atoms. The van der Waals surface area contributed by atoms with Gasteiger partial charge in [-0.25, -0.2) is 0 Å². The van der Waals surface area contributed by atoms with Crippen LogP contribution < -0.4 is 5.32 Å². The van der Waals surface area contributed by atoms with E-state index >= 15 is 0 Å². The Balaban J connectivity index is 1.93. The van der Waals surface area contributed by atoms with E-state index in [-0.39, 0.29) is 6.54 Å². The van der Waals surface area contributed by atoms with Gasteiger partial charge in [0.25, 0.3) is 0 Å². The average Bonchev–Trinajstić information content (AvgIpc) is 2.45. The first-order valence-corrected chi connectivity index (χ1v) is 7.78. The summed E-state index contributed by atoms with van der Waals surface area (Å²) in [7, 11) is 0. The molecular formula is C14H18F3NOS. The summed E-state index contributed by atoms with van der Waals surface area (Å²) >= 11 is 1.91. The van der Waals surface area contributed by atoms with Crippen LogP contribution in [0.2, 0.25) is 0 Å². The first-order chi connectivity index (χ1) is 9.47. The van der Waals surface area contributed by atoms with Gasteiger partial charge in [-0.15, -0.1) is 0 Å². The van der Waals surface area contributed by atoms with E-state index in [4.69, 9.17) is 0 Å². The fraction of sp³-hybridized carbons (Fsp3) is 0.571. The Hall–Kier alpha value is -0.720. The molecule has 0 spiro atoms. The highest BCUT2D eigenvalue weighted by molar-refractivity contribution is 7.99. The van der Waals surface area contributed by atoms with Crippen LogP contribution in [0.1, 0.15) is 30.1 Å². The highest BCUT2D eigenvalue weighted by Gasteiger charge is 2.30. The van der Waals surface area contributed by atoms with Gasteiger partial charge in [-0.05, 0) is 42.0 Å². The second-order valence-corrected chi connectivity index (χ2v) is 6.16. The van der Waals surface area contributed by atoms with Crippen molar-refractivity contribution < 1.29 is 18.3 Å². The first kappa shape index (κ1) is 15.7. The number of nitrogens with one attached hydrogen (secondary N) is 1. The fourth-order valence-corrected chi connectivity index (χ4v) is 3.33. The summed E-state index contributed by atoms with van der Waals surface area (Å²) < 4.78 is 37.8. The van der Waals surface area contributed by atoms with Crippen LogP contribution in [0.15, 0.2) is 24.3 Å². The third-order valence-electron chi connectivity index (χ3n) is 3.42. The zero-order valence-corrected chi connectivity index (χ0v) is 11.8. The first-order valence-electron chi connectivity index (χ1n) is 6.63. The van der Waals surface area contributed by atoms with Gasteiger partial charge in [-0.3, -0.25) is 0 Å². The molecule has 1 saturated heterocycles. The number of aliphatic hydroxyl groups excluding tert-OH is 1. The molecular weight excluding hydrogens is 287 g/mol. The zero-order chi connectivity index (χ0) is 14.6. The van der Waals surface area contributed by atoms with Gasteiger partial charge < -0.3 is 10.4 Å². The van der Waals surface area contributed by atoms with Gasteiger partial charge in [0.2, 0.25) is 0 Å². The standard InChI is InChI=1S/C14H18F3NOS/c15-14(16,17)11-3-1-2-10(8-11)13(19)9-18-12-4-6-20-7-5-12/h1-3,8,12-13,18-19H,4-7,9H2. The SMILES string of the molecule is OC(CNC1CCSCC1)c1cccc(C(F)(F)F)c1. The predicted octanol–water partition coefficient (Wildman–Crippen LogP) is 3.22. The molecule has 0 aromatic heterocycles. The molecule has 2 nitrogen and oxygen atoms in total. The molecule has 1 fully saturated rings. The lowest BCUT2D eigenvalue weighted by Gasteiger charge is -2.24. The molecule has 1 aromatic carbocycles. The molecule has 2 rings (SSSR count). The van der Waals surface area contributed by atoms with E-state index in [0.717, 1.165) is 36.5 Å². The minimum atomic E-state index is -4.37. The Morgan fingerprint density at radius 2 is 2.00 bits per heavy atom. The molecule has 1 aliphatic rings. The number of hydrogen-bond donors (Lipinski definition) is 2. The third-order valence-corrected chi connectivity index (χ3v) is 4.47. The number of rotatable bonds is 4. The van der Waals surface area contributed by atoms with Crippen LogP contribution in [0.25, 0.3) is 0 Å². The molecule has 1 unspecified atom stereocenters. The molecule has 2 N–H and O–H groups in total. The van der Waals surface area contributed by atoms with Gasteiger partial charge in [0.05, 0.1) is 11.7 Å². The van der Waals surface area contributed by atoms with Crippen molar-refractivity contribution in [2.75, 3.05) is 18.1 Å². The van der Waals surface area contributed by atoms with E-state index in [1.807, 2.05) is 11.8 Å². The molecule has 1 aliphatic heterocycles. The van der Waals surface area contributed by atoms with E-state index < -0.39 is 17.8 Å². The second kappa shape index (κ2) is 6.83. The predicted molar refractivity (Wildman–Crippen MR) is 74.8 cm³/mol. The molecule has 1 atom stereocenters. The van der Waals surface area contributed by atoms with E-state index in [2.05, 4.69) is 5.32 Å². The van der Waals surface area contributed by atoms with Gasteiger partial charge in [0.1, 0.15) is 0 Å². The van der Waals surface area contributed by atoms with Crippen molar-refractivity contribution in [2.45, 2.75) is 31.2 Å². The van der Waals surface area contributed by atoms with Crippen molar-refractivity contribution in [1.82, 2.24) is 5.32 Å². The Morgan fingerprint density at radius 3 is 2.65 bits per heavy atom. The molecule has 0 radical (unpaired) electrons. The maximum atomic E-state index is 12.6. The topological polar surface area (TPSA) is 32.3 Å². The fourth-order valence-electron chi connectivity index (χ4n) is 2.22. The summed E-state index contributed by atoms with van der Waals surface area (Å²) in [5.41, 5.74) is -0.416. The smallest absolute Gasteiger partial charge is 0.387 e. The summed E-state index contributed by atoms with van der Waals surface area (Å²) in [4.78, 5) is 0. The van der Waals surface area contributed by atoms with Crippen LogP contribution in [0.5, 0.6) is 0 Å². The summed E-state index contributed by atoms with van der Waals surface area (Å²) in [6, 6.07) is 5.25. The van der Waals surface area contributed by atoms with Crippen molar-refractivity contribution in [1.29, 1.82) is 0 Å². The van der Waals surface area contributed by atoms with E-state index in [9.17, 15) is 18.3 Å². The minimum Gasteiger partial charge on any atom is -0.387 e. The summed E-state index contributed by atoms with van der Waals surface area (Å²) in [6.45, 7) is 0.288. The number of hydrogen-bond acceptors (Lipinski definition) is 3. The number of aliphatic hydroxyl groups is 1. The molecule has 1 heterocycles. The zero-order valence-electron chi connectivity index (χ0n) is 11.0. The van der Waals surface area contributed by atoms with Gasteiger partial charge in [-0.2, -0.15) is 24.9 Å². The molecule has 0 bridgehead atoms. The quantitative estimate of drug-likeness (QED) is 0.896. The number of halogens is 3. The van der Waals surface area contributed by atoms with Crippen LogP contribution in [-0.4, -0.2) is 29.2 Å². The summed E-state index contributed by atoms with van der Waals surface area (Å²) in [6.07, 6.45) is -3.20. The molecule has 6 heteroatoms. The summed E-state index contributed by atoms with van der Waals surface area (Å²) in [5.74, 6) is 2.19. The van der Waals surface area contributed by atoms with Crippen LogP contribution in [0, 0.1) is 0 Å². The van der Waals surface area contributed by atoms with E-state index in [1.165, 1.54) is 12.1 Å². The molecule has 1 aromatic rings. The second-order valence-electron chi connectivity index (χ2n) is 4.93. The lowest BCUT2D eigenvalue weighted by Crippen LogP contribution is -2.35. The molecule has 0 amide bonds. The third kappa shape index (κ3) is 4.40. The Labute approximate surface area is 120 Å². The van der Waals surface area contributed by atoms with Crippen LogP contribution in [-0.2, 0) is 6.18 Å².